The molecule has 0 bridgehead atoms. The lowest BCUT2D eigenvalue weighted by Crippen LogP contribution is -2.04. The molecule has 0 aromatic heterocycles. The molecule has 3 nitrogen and oxygen atoms in total. The Bertz CT molecular complexity index is 623. The van der Waals surface area contributed by atoms with Gasteiger partial charge in [-0.25, -0.2) is 4.79 Å². The molecule has 0 fully saturated rings. The molecule has 90 valence electrons. The van der Waals surface area contributed by atoms with Crippen LogP contribution in [-0.2, 0) is 0 Å². The molecule has 3 heteroatoms. The molecule has 0 amide bonds. The first-order valence-corrected chi connectivity index (χ1v) is 5.54. The van der Waals surface area contributed by atoms with Gasteiger partial charge in [0, 0.05) is 6.42 Å². The number of benzene rings is 2. The summed E-state index contributed by atoms with van der Waals surface area (Å²) in [7, 11) is 0. The Kier molecular flexibility index (Phi) is 3.49. The molecule has 0 aliphatic rings. The van der Waals surface area contributed by atoms with Crippen LogP contribution in [0.1, 0.15) is 16.8 Å². The fraction of sp³-hybridized carbons (Fsp3) is 0.133. The molecular formula is C15H12O3. The Balaban J connectivity index is 2.45. The minimum Gasteiger partial charge on any atom is -0.492 e. The maximum Gasteiger partial charge on any atom is 0.339 e. The van der Waals surface area contributed by atoms with Crippen LogP contribution < -0.4 is 4.74 Å². The van der Waals surface area contributed by atoms with Gasteiger partial charge in [0.05, 0.1) is 6.61 Å². The average molecular weight is 240 g/mol. The van der Waals surface area contributed by atoms with Crippen molar-refractivity contribution in [1.29, 1.82) is 0 Å². The lowest BCUT2D eigenvalue weighted by molar-refractivity contribution is 0.0692. The van der Waals surface area contributed by atoms with Crippen molar-refractivity contribution in [3.8, 4) is 18.1 Å². The molecule has 0 spiro atoms. The van der Waals surface area contributed by atoms with Gasteiger partial charge in [-0.1, -0.05) is 24.3 Å². The number of hydrogen-bond acceptors (Lipinski definition) is 2. The lowest BCUT2D eigenvalue weighted by atomic mass is 10.1. The van der Waals surface area contributed by atoms with Gasteiger partial charge in [-0.05, 0) is 22.9 Å². The Hall–Kier alpha value is -2.47. The number of aromatic carboxylic acids is 1. The van der Waals surface area contributed by atoms with E-state index in [0.717, 1.165) is 10.8 Å². The zero-order valence-electron chi connectivity index (χ0n) is 9.72. The third-order valence-electron chi connectivity index (χ3n) is 2.58. The molecule has 18 heavy (non-hydrogen) atoms. The predicted octanol–water partition coefficient (Wildman–Crippen LogP) is 2.94. The molecule has 0 aliphatic heterocycles. The van der Waals surface area contributed by atoms with E-state index >= 15 is 0 Å². The molecule has 1 N–H and O–H groups in total. The number of ether oxygens (including phenoxy) is 1. The van der Waals surface area contributed by atoms with Crippen molar-refractivity contribution in [2.45, 2.75) is 6.42 Å². The van der Waals surface area contributed by atoms with Crippen molar-refractivity contribution in [2.24, 2.45) is 0 Å². The molecule has 0 saturated carbocycles. The molecule has 0 aliphatic carbocycles. The minimum atomic E-state index is -1.00. The summed E-state index contributed by atoms with van der Waals surface area (Å²) in [5.41, 5.74) is 0.158. The third kappa shape index (κ3) is 2.44. The second kappa shape index (κ2) is 5.24. The molecule has 2 rings (SSSR count). The van der Waals surface area contributed by atoms with E-state index in [4.69, 9.17) is 16.3 Å². The van der Waals surface area contributed by atoms with Crippen molar-refractivity contribution < 1.29 is 14.6 Å². The van der Waals surface area contributed by atoms with E-state index in [0.29, 0.717) is 18.8 Å². The quantitative estimate of drug-likeness (QED) is 0.660. The summed E-state index contributed by atoms with van der Waals surface area (Å²) in [4.78, 5) is 11.2. The van der Waals surface area contributed by atoms with Gasteiger partial charge >= 0.3 is 5.97 Å². The average Bonchev–Trinajstić information content (AvgIpc) is 2.38. The first-order chi connectivity index (χ1) is 8.72. The van der Waals surface area contributed by atoms with Crippen LogP contribution in [0.25, 0.3) is 10.8 Å². The Morgan fingerprint density at radius 2 is 1.94 bits per heavy atom. The van der Waals surface area contributed by atoms with Crippen LogP contribution in [0.5, 0.6) is 5.75 Å². The van der Waals surface area contributed by atoms with E-state index in [-0.39, 0.29) is 5.56 Å². The number of hydrogen-bond donors (Lipinski definition) is 1. The van der Waals surface area contributed by atoms with Gasteiger partial charge in [-0.15, -0.1) is 12.3 Å². The molecular weight excluding hydrogens is 228 g/mol. The maximum absolute atomic E-state index is 11.2. The highest BCUT2D eigenvalue weighted by Gasteiger charge is 2.12. The van der Waals surface area contributed by atoms with E-state index in [2.05, 4.69) is 5.92 Å². The summed E-state index contributed by atoms with van der Waals surface area (Å²) in [6.07, 6.45) is 5.59. The Labute approximate surface area is 105 Å². The number of terminal acetylenes is 1. The number of carboxylic acid groups (broad SMARTS) is 1. The van der Waals surface area contributed by atoms with Gasteiger partial charge in [0.25, 0.3) is 0 Å². The fourth-order valence-electron chi connectivity index (χ4n) is 1.73. The topological polar surface area (TPSA) is 46.5 Å². The molecule has 0 atom stereocenters. The standard InChI is InChI=1S/C15H12O3/c1-2-3-8-18-14-10-12-7-5-4-6-11(12)9-13(14)15(16)17/h1,4-7,9-10H,3,8H2,(H,16,17). The zero-order valence-corrected chi connectivity index (χ0v) is 9.72. The van der Waals surface area contributed by atoms with Crippen LogP contribution in [0.4, 0.5) is 0 Å². The zero-order chi connectivity index (χ0) is 13.0. The van der Waals surface area contributed by atoms with Gasteiger partial charge in [0.1, 0.15) is 11.3 Å². The van der Waals surface area contributed by atoms with Crippen molar-refractivity contribution in [1.82, 2.24) is 0 Å². The van der Waals surface area contributed by atoms with E-state index in [1.807, 2.05) is 24.3 Å². The molecule has 0 unspecified atom stereocenters. The number of carbonyl (C=O) groups is 1. The molecule has 2 aromatic carbocycles. The summed E-state index contributed by atoms with van der Waals surface area (Å²) in [5.74, 6) is 1.81. The van der Waals surface area contributed by atoms with Crippen LogP contribution in [0.3, 0.4) is 0 Å². The lowest BCUT2D eigenvalue weighted by Gasteiger charge is -2.09. The Morgan fingerprint density at radius 3 is 2.56 bits per heavy atom. The fourth-order valence-corrected chi connectivity index (χ4v) is 1.73. The Morgan fingerprint density at radius 1 is 1.28 bits per heavy atom. The predicted molar refractivity (Wildman–Crippen MR) is 69.9 cm³/mol. The van der Waals surface area contributed by atoms with Gasteiger partial charge in [0.2, 0.25) is 0 Å². The van der Waals surface area contributed by atoms with E-state index in [1.165, 1.54) is 0 Å². The van der Waals surface area contributed by atoms with Gasteiger partial charge in [0.15, 0.2) is 0 Å². The SMILES string of the molecule is C#CCCOc1cc2ccccc2cc1C(=O)O. The number of rotatable bonds is 4. The molecule has 2 aromatic rings. The van der Waals surface area contributed by atoms with Crippen molar-refractivity contribution in [2.75, 3.05) is 6.61 Å². The van der Waals surface area contributed by atoms with E-state index < -0.39 is 5.97 Å². The highest BCUT2D eigenvalue weighted by molar-refractivity contribution is 5.97. The van der Waals surface area contributed by atoms with E-state index in [1.54, 1.807) is 12.1 Å². The first kappa shape index (κ1) is 12.0. The van der Waals surface area contributed by atoms with Crippen LogP contribution in [0, 0.1) is 12.3 Å². The van der Waals surface area contributed by atoms with Crippen LogP contribution in [-0.4, -0.2) is 17.7 Å². The normalized spacial score (nSPS) is 9.94. The van der Waals surface area contributed by atoms with Crippen molar-refractivity contribution in [3.05, 3.63) is 42.0 Å². The molecule has 0 radical (unpaired) electrons. The van der Waals surface area contributed by atoms with Crippen LogP contribution in [0.2, 0.25) is 0 Å². The minimum absolute atomic E-state index is 0.158. The second-order valence-electron chi connectivity index (χ2n) is 3.80. The molecule has 0 saturated heterocycles. The monoisotopic (exact) mass is 240 g/mol. The summed E-state index contributed by atoms with van der Waals surface area (Å²) in [5, 5.41) is 11.0. The van der Waals surface area contributed by atoms with Crippen molar-refractivity contribution in [3.63, 3.8) is 0 Å². The largest absolute Gasteiger partial charge is 0.492 e. The van der Waals surface area contributed by atoms with Gasteiger partial charge in [-0.2, -0.15) is 0 Å². The number of fused-ring (bicyclic) bond motifs is 1. The second-order valence-corrected chi connectivity index (χ2v) is 3.80. The van der Waals surface area contributed by atoms with Crippen LogP contribution >= 0.6 is 0 Å². The van der Waals surface area contributed by atoms with Crippen LogP contribution in [0.15, 0.2) is 36.4 Å². The summed E-state index contributed by atoms with van der Waals surface area (Å²) in [6.45, 7) is 0.315. The highest BCUT2D eigenvalue weighted by Crippen LogP contribution is 2.26. The number of carboxylic acids is 1. The third-order valence-corrected chi connectivity index (χ3v) is 2.58. The molecule has 0 heterocycles. The van der Waals surface area contributed by atoms with Gasteiger partial charge < -0.3 is 9.84 Å². The summed E-state index contributed by atoms with van der Waals surface area (Å²) < 4.78 is 5.42. The summed E-state index contributed by atoms with van der Waals surface area (Å²) >= 11 is 0. The highest BCUT2D eigenvalue weighted by atomic mass is 16.5. The van der Waals surface area contributed by atoms with E-state index in [9.17, 15) is 4.79 Å². The maximum atomic E-state index is 11.2. The summed E-state index contributed by atoms with van der Waals surface area (Å²) in [6, 6.07) is 10.9. The van der Waals surface area contributed by atoms with Gasteiger partial charge in [-0.3, -0.25) is 0 Å². The first-order valence-electron chi connectivity index (χ1n) is 5.54. The smallest absolute Gasteiger partial charge is 0.339 e. The van der Waals surface area contributed by atoms with Crippen molar-refractivity contribution >= 4 is 16.7 Å².